The van der Waals surface area contributed by atoms with Crippen molar-refractivity contribution < 1.29 is 14.3 Å². The van der Waals surface area contributed by atoms with E-state index in [0.717, 1.165) is 64.4 Å². The Bertz CT molecular complexity index is 298. The maximum absolute atomic E-state index is 12.1. The van der Waals surface area contributed by atoms with Crippen molar-refractivity contribution in [3.63, 3.8) is 0 Å². The number of amides is 1. The predicted molar refractivity (Wildman–Crippen MR) is 82.3 cm³/mol. The number of hydrogen-bond donors (Lipinski definition) is 1. The number of likely N-dealkylation sites (tertiary alicyclic amines) is 1. The Morgan fingerprint density at radius 1 is 1.33 bits per heavy atom. The molecule has 0 bridgehead atoms. The number of rotatable bonds is 8. The quantitative estimate of drug-likeness (QED) is 0.689. The van der Waals surface area contributed by atoms with Crippen LogP contribution in [0.5, 0.6) is 0 Å². The van der Waals surface area contributed by atoms with Crippen LogP contribution in [0.15, 0.2) is 0 Å². The highest BCUT2D eigenvalue weighted by Crippen LogP contribution is 2.17. The van der Waals surface area contributed by atoms with E-state index in [4.69, 9.17) is 9.47 Å². The summed E-state index contributed by atoms with van der Waals surface area (Å²) in [6.07, 6.45) is 5.22. The minimum atomic E-state index is 0.240. The molecule has 1 atom stereocenters. The summed E-state index contributed by atoms with van der Waals surface area (Å²) in [4.78, 5) is 14.1. The van der Waals surface area contributed by atoms with Crippen LogP contribution in [-0.2, 0) is 14.3 Å². The third-order valence-electron chi connectivity index (χ3n) is 4.44. The van der Waals surface area contributed by atoms with Crippen molar-refractivity contribution in [3.05, 3.63) is 0 Å². The number of ether oxygens (including phenoxy) is 2. The van der Waals surface area contributed by atoms with Crippen LogP contribution in [0.3, 0.4) is 0 Å². The second-order valence-corrected chi connectivity index (χ2v) is 6.09. The number of nitrogens with one attached hydrogen (secondary N) is 1. The van der Waals surface area contributed by atoms with E-state index in [2.05, 4.69) is 12.2 Å². The van der Waals surface area contributed by atoms with E-state index in [9.17, 15) is 4.79 Å². The molecule has 2 heterocycles. The Morgan fingerprint density at radius 2 is 2.14 bits per heavy atom. The Hall–Kier alpha value is -0.650. The molecule has 21 heavy (non-hydrogen) atoms. The summed E-state index contributed by atoms with van der Waals surface area (Å²) in [5.74, 6) is 0.967. The smallest absolute Gasteiger partial charge is 0.224 e. The van der Waals surface area contributed by atoms with Crippen LogP contribution in [-0.4, -0.2) is 62.9 Å². The van der Waals surface area contributed by atoms with Crippen LogP contribution in [0.4, 0.5) is 0 Å². The van der Waals surface area contributed by atoms with Gasteiger partial charge in [0.1, 0.15) is 0 Å². The molecule has 122 valence electrons. The summed E-state index contributed by atoms with van der Waals surface area (Å²) in [5.41, 5.74) is 0. The molecule has 5 heteroatoms. The maximum Gasteiger partial charge on any atom is 0.224 e. The van der Waals surface area contributed by atoms with Gasteiger partial charge >= 0.3 is 0 Å². The molecule has 1 amide bonds. The summed E-state index contributed by atoms with van der Waals surface area (Å²) in [6, 6.07) is 0. The molecule has 0 aromatic carbocycles. The molecule has 0 aliphatic carbocycles. The zero-order chi connectivity index (χ0) is 14.9. The van der Waals surface area contributed by atoms with Crippen LogP contribution in [0.25, 0.3) is 0 Å². The first kappa shape index (κ1) is 16.7. The molecule has 1 unspecified atom stereocenters. The third-order valence-corrected chi connectivity index (χ3v) is 4.44. The minimum absolute atomic E-state index is 0.240. The Balaban J connectivity index is 1.52. The van der Waals surface area contributed by atoms with Crippen molar-refractivity contribution in [1.29, 1.82) is 0 Å². The molecule has 2 saturated heterocycles. The lowest BCUT2D eigenvalue weighted by Crippen LogP contribution is -2.41. The molecular formula is C16H30N2O3. The molecule has 0 radical (unpaired) electrons. The van der Waals surface area contributed by atoms with Crippen LogP contribution >= 0.6 is 0 Å². The number of piperidine rings is 1. The molecule has 2 rings (SSSR count). The lowest BCUT2D eigenvalue weighted by Gasteiger charge is -2.32. The second-order valence-electron chi connectivity index (χ2n) is 6.09. The van der Waals surface area contributed by atoms with Gasteiger partial charge in [-0.25, -0.2) is 0 Å². The molecule has 0 spiro atoms. The number of carbonyl (C=O) groups excluding carboxylic acids is 1. The van der Waals surface area contributed by atoms with Gasteiger partial charge in [0.25, 0.3) is 0 Å². The fourth-order valence-corrected chi connectivity index (χ4v) is 3.04. The van der Waals surface area contributed by atoms with Crippen LogP contribution in [0.2, 0.25) is 0 Å². The van der Waals surface area contributed by atoms with Gasteiger partial charge in [0.05, 0.1) is 25.7 Å². The molecule has 2 aliphatic rings. The SMILES string of the molecule is CCNCC1CCN(C(=O)CCOCC2CCCO2)CC1. The number of carbonyl (C=O) groups is 1. The molecule has 0 aromatic heterocycles. The molecule has 2 aliphatic heterocycles. The fourth-order valence-electron chi connectivity index (χ4n) is 3.04. The summed E-state index contributed by atoms with van der Waals surface area (Å²) < 4.78 is 11.1. The summed E-state index contributed by atoms with van der Waals surface area (Å²) in [5, 5.41) is 3.40. The van der Waals surface area contributed by atoms with Crippen LogP contribution < -0.4 is 5.32 Å². The summed E-state index contributed by atoms with van der Waals surface area (Å²) in [7, 11) is 0. The monoisotopic (exact) mass is 298 g/mol. The van der Waals surface area contributed by atoms with Crippen molar-refractivity contribution in [2.45, 2.75) is 45.1 Å². The van der Waals surface area contributed by atoms with Gasteiger partial charge in [-0.15, -0.1) is 0 Å². The first-order valence-electron chi connectivity index (χ1n) is 8.47. The van der Waals surface area contributed by atoms with Gasteiger partial charge in [-0.2, -0.15) is 0 Å². The van der Waals surface area contributed by atoms with E-state index < -0.39 is 0 Å². The Labute approximate surface area is 128 Å². The summed E-state index contributed by atoms with van der Waals surface area (Å²) in [6.45, 7) is 8.07. The average molecular weight is 298 g/mol. The maximum atomic E-state index is 12.1. The predicted octanol–water partition coefficient (Wildman–Crippen LogP) is 1.42. The van der Waals surface area contributed by atoms with E-state index in [1.54, 1.807) is 0 Å². The zero-order valence-corrected chi connectivity index (χ0v) is 13.3. The van der Waals surface area contributed by atoms with E-state index in [0.29, 0.717) is 19.6 Å². The standard InChI is InChI=1S/C16H30N2O3/c1-2-17-12-14-5-8-18(9-6-14)16(19)7-11-20-13-15-4-3-10-21-15/h14-15,17H,2-13H2,1H3. The van der Waals surface area contributed by atoms with Gasteiger partial charge in [-0.1, -0.05) is 6.92 Å². The van der Waals surface area contributed by atoms with Crippen molar-refractivity contribution >= 4 is 5.91 Å². The molecular weight excluding hydrogens is 268 g/mol. The highest BCUT2D eigenvalue weighted by molar-refractivity contribution is 5.76. The number of nitrogens with zero attached hydrogens (tertiary/aromatic N) is 1. The topological polar surface area (TPSA) is 50.8 Å². The molecule has 0 saturated carbocycles. The molecule has 2 fully saturated rings. The normalized spacial score (nSPS) is 23.7. The highest BCUT2D eigenvalue weighted by atomic mass is 16.5. The van der Waals surface area contributed by atoms with Crippen LogP contribution in [0.1, 0.15) is 39.0 Å². The fraction of sp³-hybridized carbons (Fsp3) is 0.938. The zero-order valence-electron chi connectivity index (χ0n) is 13.3. The third kappa shape index (κ3) is 5.93. The highest BCUT2D eigenvalue weighted by Gasteiger charge is 2.22. The Morgan fingerprint density at radius 3 is 2.81 bits per heavy atom. The minimum Gasteiger partial charge on any atom is -0.378 e. The van der Waals surface area contributed by atoms with Gasteiger partial charge in [0.2, 0.25) is 5.91 Å². The van der Waals surface area contributed by atoms with Gasteiger partial charge in [0, 0.05) is 19.7 Å². The average Bonchev–Trinajstić information content (AvgIpc) is 3.03. The van der Waals surface area contributed by atoms with Gasteiger partial charge < -0.3 is 19.7 Å². The van der Waals surface area contributed by atoms with Gasteiger partial charge in [-0.3, -0.25) is 4.79 Å². The van der Waals surface area contributed by atoms with Crippen molar-refractivity contribution in [2.75, 3.05) is 46.0 Å². The van der Waals surface area contributed by atoms with Gasteiger partial charge in [-0.05, 0) is 44.7 Å². The lowest BCUT2D eigenvalue weighted by atomic mass is 9.96. The van der Waals surface area contributed by atoms with Crippen LogP contribution in [0, 0.1) is 5.92 Å². The second kappa shape index (κ2) is 9.38. The van der Waals surface area contributed by atoms with E-state index >= 15 is 0 Å². The lowest BCUT2D eigenvalue weighted by molar-refractivity contribution is -0.134. The van der Waals surface area contributed by atoms with E-state index in [1.165, 1.54) is 0 Å². The Kier molecular flexibility index (Phi) is 7.47. The largest absolute Gasteiger partial charge is 0.378 e. The van der Waals surface area contributed by atoms with Crippen molar-refractivity contribution in [2.24, 2.45) is 5.92 Å². The molecule has 0 aromatic rings. The first-order chi connectivity index (χ1) is 10.3. The molecule has 1 N–H and O–H groups in total. The van der Waals surface area contributed by atoms with E-state index in [-0.39, 0.29) is 12.0 Å². The van der Waals surface area contributed by atoms with Crippen molar-refractivity contribution in [3.8, 4) is 0 Å². The van der Waals surface area contributed by atoms with Gasteiger partial charge in [0.15, 0.2) is 0 Å². The van der Waals surface area contributed by atoms with E-state index in [1.807, 2.05) is 4.90 Å². The summed E-state index contributed by atoms with van der Waals surface area (Å²) >= 11 is 0. The number of hydrogen-bond acceptors (Lipinski definition) is 4. The molecule has 5 nitrogen and oxygen atoms in total. The first-order valence-corrected chi connectivity index (χ1v) is 8.47. The van der Waals surface area contributed by atoms with Crippen molar-refractivity contribution in [1.82, 2.24) is 10.2 Å².